The number of amides is 1. The van der Waals surface area contributed by atoms with Crippen molar-refractivity contribution in [1.82, 2.24) is 10.2 Å². The first-order chi connectivity index (χ1) is 14.0. The van der Waals surface area contributed by atoms with Gasteiger partial charge in [0, 0.05) is 45.5 Å². The molecular weight excluding hydrogens is 493 g/mol. The van der Waals surface area contributed by atoms with Crippen molar-refractivity contribution in [3.05, 3.63) is 59.7 Å². The van der Waals surface area contributed by atoms with E-state index in [2.05, 4.69) is 51.3 Å². The number of carbonyl (C=O) groups is 1. The van der Waals surface area contributed by atoms with Gasteiger partial charge in [-0.2, -0.15) is 0 Å². The van der Waals surface area contributed by atoms with E-state index in [1.165, 1.54) is 11.3 Å². The molecule has 8 heteroatoms. The molecule has 162 valence electrons. The number of aryl methyl sites for hydroxylation is 1. The van der Waals surface area contributed by atoms with Crippen molar-refractivity contribution in [2.45, 2.75) is 13.5 Å². The van der Waals surface area contributed by atoms with Crippen LogP contribution in [0.2, 0.25) is 0 Å². The number of aliphatic imine (C=N–C) groups is 1. The Hall–Kier alpha value is -2.49. The Kier molecular flexibility index (Phi) is 9.22. The zero-order chi connectivity index (χ0) is 20.6. The van der Waals surface area contributed by atoms with Crippen molar-refractivity contribution in [2.75, 3.05) is 44.7 Å². The minimum atomic E-state index is -0.487. The summed E-state index contributed by atoms with van der Waals surface area (Å²) in [6.45, 7) is 6.37. The lowest BCUT2D eigenvalue weighted by atomic mass is 10.2. The second-order valence-corrected chi connectivity index (χ2v) is 7.12. The lowest BCUT2D eigenvalue weighted by molar-refractivity contribution is -0.119. The molecule has 1 aliphatic rings. The van der Waals surface area contributed by atoms with E-state index in [-0.39, 0.29) is 30.6 Å². The Labute approximate surface area is 195 Å². The summed E-state index contributed by atoms with van der Waals surface area (Å²) < 4.78 is 5.37. The monoisotopic (exact) mass is 523 g/mol. The number of nitrogens with two attached hydrogens (primary N) is 1. The molecule has 0 aliphatic carbocycles. The lowest BCUT2D eigenvalue weighted by Gasteiger charge is -2.37. The van der Waals surface area contributed by atoms with E-state index < -0.39 is 5.91 Å². The van der Waals surface area contributed by atoms with Crippen LogP contribution < -0.4 is 20.7 Å². The molecule has 3 N–H and O–H groups in total. The van der Waals surface area contributed by atoms with Gasteiger partial charge in [-0.25, -0.2) is 0 Å². The molecule has 0 atom stereocenters. The van der Waals surface area contributed by atoms with Crippen molar-refractivity contribution >= 4 is 41.5 Å². The van der Waals surface area contributed by atoms with E-state index in [0.29, 0.717) is 12.3 Å². The van der Waals surface area contributed by atoms with E-state index in [1.54, 1.807) is 0 Å². The van der Waals surface area contributed by atoms with Gasteiger partial charge in [-0.15, -0.1) is 24.0 Å². The maximum absolute atomic E-state index is 10.9. The van der Waals surface area contributed by atoms with Crippen LogP contribution in [0.1, 0.15) is 11.1 Å². The molecule has 0 bridgehead atoms. The molecule has 2 aromatic rings. The SMILES string of the molecule is CN=C(NCc1cccc(OCC(N)=O)c1)N1CCN(c2cccc(C)c2)CC1.I. The summed E-state index contributed by atoms with van der Waals surface area (Å²) in [7, 11) is 1.81. The first kappa shape index (κ1) is 23.8. The average Bonchev–Trinajstić information content (AvgIpc) is 2.73. The minimum absolute atomic E-state index is 0. The summed E-state index contributed by atoms with van der Waals surface area (Å²) in [6, 6.07) is 16.3. The molecule has 0 unspecified atom stereocenters. The van der Waals surface area contributed by atoms with Crippen LogP contribution in [0, 0.1) is 6.92 Å². The van der Waals surface area contributed by atoms with Gasteiger partial charge in [-0.1, -0.05) is 24.3 Å². The van der Waals surface area contributed by atoms with Crippen molar-refractivity contribution in [1.29, 1.82) is 0 Å². The molecule has 1 aliphatic heterocycles. The van der Waals surface area contributed by atoms with E-state index >= 15 is 0 Å². The van der Waals surface area contributed by atoms with E-state index in [4.69, 9.17) is 10.5 Å². The number of nitrogens with zero attached hydrogens (tertiary/aromatic N) is 3. The fraction of sp³-hybridized carbons (Fsp3) is 0.364. The Morgan fingerprint density at radius 2 is 1.87 bits per heavy atom. The molecule has 7 nitrogen and oxygen atoms in total. The number of anilines is 1. The molecule has 1 fully saturated rings. The van der Waals surface area contributed by atoms with Gasteiger partial charge < -0.3 is 25.6 Å². The van der Waals surface area contributed by atoms with Crippen LogP contribution in [0.3, 0.4) is 0 Å². The van der Waals surface area contributed by atoms with Gasteiger partial charge in [0.25, 0.3) is 5.91 Å². The zero-order valence-corrected chi connectivity index (χ0v) is 19.8. The predicted molar refractivity (Wildman–Crippen MR) is 132 cm³/mol. The van der Waals surface area contributed by atoms with Crippen LogP contribution in [0.25, 0.3) is 0 Å². The molecule has 0 aromatic heterocycles. The van der Waals surface area contributed by atoms with E-state index in [1.807, 2.05) is 31.3 Å². The summed E-state index contributed by atoms with van der Waals surface area (Å²) in [6.07, 6.45) is 0. The van der Waals surface area contributed by atoms with Crippen molar-refractivity contribution in [3.8, 4) is 5.75 Å². The third-order valence-corrected chi connectivity index (χ3v) is 4.89. The molecule has 0 spiro atoms. The topological polar surface area (TPSA) is 83.2 Å². The van der Waals surface area contributed by atoms with Crippen LogP contribution in [0.5, 0.6) is 5.75 Å². The molecular formula is C22H30IN5O2. The summed E-state index contributed by atoms with van der Waals surface area (Å²) >= 11 is 0. The first-order valence-electron chi connectivity index (χ1n) is 9.82. The third-order valence-electron chi connectivity index (χ3n) is 4.89. The van der Waals surface area contributed by atoms with Crippen LogP contribution in [-0.2, 0) is 11.3 Å². The second-order valence-electron chi connectivity index (χ2n) is 7.12. The average molecular weight is 523 g/mol. The zero-order valence-electron chi connectivity index (χ0n) is 17.5. The van der Waals surface area contributed by atoms with Gasteiger partial charge in [-0.3, -0.25) is 9.79 Å². The molecule has 0 saturated carbocycles. The Morgan fingerprint density at radius 3 is 2.53 bits per heavy atom. The molecule has 0 radical (unpaired) electrons. The molecule has 1 saturated heterocycles. The molecule has 1 amide bonds. The molecule has 30 heavy (non-hydrogen) atoms. The molecule has 1 heterocycles. The fourth-order valence-electron chi connectivity index (χ4n) is 3.41. The minimum Gasteiger partial charge on any atom is -0.484 e. The number of piperazine rings is 1. The Balaban J connectivity index is 0.00000320. The maximum Gasteiger partial charge on any atom is 0.255 e. The molecule has 2 aromatic carbocycles. The highest BCUT2D eigenvalue weighted by molar-refractivity contribution is 14.0. The number of hydrogen-bond donors (Lipinski definition) is 2. The fourth-order valence-corrected chi connectivity index (χ4v) is 3.41. The van der Waals surface area contributed by atoms with Gasteiger partial charge in [0.2, 0.25) is 0 Å². The Bertz CT molecular complexity index is 866. The smallest absolute Gasteiger partial charge is 0.255 e. The van der Waals surface area contributed by atoms with Gasteiger partial charge >= 0.3 is 0 Å². The maximum atomic E-state index is 10.9. The number of benzene rings is 2. The van der Waals surface area contributed by atoms with Crippen molar-refractivity contribution in [2.24, 2.45) is 10.7 Å². The number of nitrogens with one attached hydrogen (secondary N) is 1. The number of halogens is 1. The number of guanidine groups is 1. The van der Waals surface area contributed by atoms with Crippen LogP contribution >= 0.6 is 24.0 Å². The largest absolute Gasteiger partial charge is 0.484 e. The Morgan fingerprint density at radius 1 is 1.13 bits per heavy atom. The summed E-state index contributed by atoms with van der Waals surface area (Å²) in [5.41, 5.74) is 8.74. The third kappa shape index (κ3) is 6.79. The highest BCUT2D eigenvalue weighted by Crippen LogP contribution is 2.18. The van der Waals surface area contributed by atoms with Crippen LogP contribution in [-0.4, -0.2) is 56.6 Å². The second kappa shape index (κ2) is 11.6. The number of ether oxygens (including phenoxy) is 1. The summed E-state index contributed by atoms with van der Waals surface area (Å²) in [5, 5.41) is 3.42. The van der Waals surface area contributed by atoms with Gasteiger partial charge in [0.05, 0.1) is 0 Å². The van der Waals surface area contributed by atoms with Crippen molar-refractivity contribution < 1.29 is 9.53 Å². The normalized spacial score (nSPS) is 14.1. The van der Waals surface area contributed by atoms with Gasteiger partial charge in [-0.05, 0) is 42.3 Å². The van der Waals surface area contributed by atoms with Crippen LogP contribution in [0.4, 0.5) is 5.69 Å². The predicted octanol–water partition coefficient (Wildman–Crippen LogP) is 2.37. The quantitative estimate of drug-likeness (QED) is 0.345. The number of hydrogen-bond acceptors (Lipinski definition) is 4. The number of rotatable bonds is 6. The van der Waals surface area contributed by atoms with Crippen LogP contribution in [0.15, 0.2) is 53.5 Å². The molecule has 3 rings (SSSR count). The van der Waals surface area contributed by atoms with Crippen molar-refractivity contribution in [3.63, 3.8) is 0 Å². The van der Waals surface area contributed by atoms with E-state index in [0.717, 1.165) is 37.7 Å². The van der Waals surface area contributed by atoms with E-state index in [9.17, 15) is 4.79 Å². The first-order valence-corrected chi connectivity index (χ1v) is 9.82. The summed E-state index contributed by atoms with van der Waals surface area (Å²) in [4.78, 5) is 20.0. The highest BCUT2D eigenvalue weighted by Gasteiger charge is 2.19. The van der Waals surface area contributed by atoms with Gasteiger partial charge in [0.15, 0.2) is 12.6 Å². The summed E-state index contributed by atoms with van der Waals surface area (Å²) in [5.74, 6) is 1.03. The number of primary amides is 1. The van der Waals surface area contributed by atoms with Gasteiger partial charge in [0.1, 0.15) is 5.75 Å². The lowest BCUT2D eigenvalue weighted by Crippen LogP contribution is -2.52. The number of carbonyl (C=O) groups excluding carboxylic acids is 1. The standard InChI is InChI=1S/C22H29N5O2.HI/c1-17-5-3-7-19(13-17)26-9-11-27(12-10-26)22(24-2)25-15-18-6-4-8-20(14-18)29-16-21(23)28;/h3-8,13-14H,9-12,15-16H2,1-2H3,(H2,23,28)(H,24,25);1H. The highest BCUT2D eigenvalue weighted by atomic mass is 127.